The van der Waals surface area contributed by atoms with Gasteiger partial charge in [-0.05, 0) is 93.0 Å². The molecule has 3 aliphatic heterocycles. The number of nitrogens with zero attached hydrogens (tertiary/aromatic N) is 8. The second-order valence-electron chi connectivity index (χ2n) is 15.1. The molecule has 0 spiro atoms. The number of imidazole rings is 1. The van der Waals surface area contributed by atoms with Crippen molar-refractivity contribution in [3.8, 4) is 5.69 Å². The highest BCUT2D eigenvalue weighted by atomic mass is 15.2. The van der Waals surface area contributed by atoms with Gasteiger partial charge in [0.1, 0.15) is 36.1 Å². The summed E-state index contributed by atoms with van der Waals surface area (Å²) in [5.41, 5.74) is 12.9. The lowest BCUT2D eigenvalue weighted by atomic mass is 9.83. The minimum atomic E-state index is -0.214. The van der Waals surface area contributed by atoms with Crippen LogP contribution < -0.4 is 10.6 Å². The number of aliphatic imine (C=N–C) groups is 5. The Balaban J connectivity index is 1.04. The lowest BCUT2D eigenvalue weighted by Crippen LogP contribution is -2.36. The summed E-state index contributed by atoms with van der Waals surface area (Å²) in [6.45, 7) is 1.99. The maximum atomic E-state index is 5.28. The monoisotopic (exact) mass is 708 g/mol. The highest BCUT2D eigenvalue weighted by Crippen LogP contribution is 2.46. The number of rotatable bonds is 9. The minimum absolute atomic E-state index is 0.214. The number of hydrogen-bond acceptors (Lipinski definition) is 8. The topological polar surface area (TPSA) is 109 Å². The molecule has 0 bridgehead atoms. The Kier molecular flexibility index (Phi) is 7.25. The molecule has 54 heavy (non-hydrogen) atoms. The number of nitrogens with one attached hydrogen (secondary N) is 2. The number of hydrogen-bond donors (Lipinski definition) is 2. The fourth-order valence-corrected chi connectivity index (χ4v) is 8.66. The molecule has 4 aromatic rings. The molecule has 10 nitrogen and oxygen atoms in total. The van der Waals surface area contributed by atoms with E-state index in [2.05, 4.69) is 105 Å². The van der Waals surface area contributed by atoms with E-state index in [-0.39, 0.29) is 11.8 Å². The molecule has 11 rings (SSSR count). The van der Waals surface area contributed by atoms with Crippen LogP contribution in [0.5, 0.6) is 0 Å². The van der Waals surface area contributed by atoms with Crippen LogP contribution in [0.15, 0.2) is 139 Å². The zero-order chi connectivity index (χ0) is 35.8. The Morgan fingerprint density at radius 2 is 1.65 bits per heavy atom. The molecule has 1 atom stereocenters. The Hall–Kier alpha value is -6.16. The summed E-state index contributed by atoms with van der Waals surface area (Å²) in [7, 11) is 0. The van der Waals surface area contributed by atoms with Crippen molar-refractivity contribution in [1.29, 1.82) is 0 Å². The van der Waals surface area contributed by atoms with Gasteiger partial charge in [-0.2, -0.15) is 0 Å². The number of anilines is 2. The quantitative estimate of drug-likeness (QED) is 0.170. The fraction of sp³-hybridized carbons (Fsp3) is 0.273. The number of allylic oxidation sites excluding steroid dienone is 9. The Morgan fingerprint density at radius 1 is 0.870 bits per heavy atom. The van der Waals surface area contributed by atoms with Crippen LogP contribution in [0.2, 0.25) is 0 Å². The molecule has 2 aromatic heterocycles. The second kappa shape index (κ2) is 12.5. The van der Waals surface area contributed by atoms with Crippen molar-refractivity contribution in [3.05, 3.63) is 125 Å². The third kappa shape index (κ3) is 5.07. The van der Waals surface area contributed by atoms with E-state index in [9.17, 15) is 0 Å². The summed E-state index contributed by atoms with van der Waals surface area (Å²) in [5, 5.41) is 7.78. The largest absolute Gasteiger partial charge is 0.382 e. The molecule has 0 amide bonds. The van der Waals surface area contributed by atoms with E-state index in [1.807, 2.05) is 19.5 Å². The molecule has 1 unspecified atom stereocenters. The highest BCUT2D eigenvalue weighted by Gasteiger charge is 2.42. The molecule has 2 saturated carbocycles. The summed E-state index contributed by atoms with van der Waals surface area (Å²) in [6, 6.07) is 14.0. The maximum absolute atomic E-state index is 5.28. The standard InChI is InChI=1S/C44H40N10/c1-2-45-34-19-27(26-9-3-4-10-26)20-35(49-28-11-7-12-28)33(34)23-36-31-15-16-32-39(31)40-42(51-36)46-24-47-43(40)52-44(32)54-25-48-37-21-30(53-17-5-6-18-53)22-38(41(37)54)50-29-13-8-14-29/h2-6,9-10,15-22,24-26,28-29,40,49-50H,7-8,11-14,23H2,1H3/b45-2-. The average molecular weight is 709 g/mol. The number of aromatic nitrogens is 3. The highest BCUT2D eigenvalue weighted by molar-refractivity contribution is 6.26. The molecule has 4 aliphatic carbocycles. The van der Waals surface area contributed by atoms with Gasteiger partial charge in [-0.1, -0.05) is 36.5 Å². The maximum Gasteiger partial charge on any atom is 0.148 e. The Labute approximate surface area is 313 Å². The molecule has 2 fully saturated rings. The lowest BCUT2D eigenvalue weighted by molar-refractivity contribution is 0.445. The second-order valence-corrected chi connectivity index (χ2v) is 15.1. The van der Waals surface area contributed by atoms with Gasteiger partial charge < -0.3 is 15.2 Å². The first-order valence-electron chi connectivity index (χ1n) is 19.3. The molecule has 2 N–H and O–H groups in total. The molecule has 5 heterocycles. The third-order valence-electron chi connectivity index (χ3n) is 11.9. The van der Waals surface area contributed by atoms with Gasteiger partial charge in [0.2, 0.25) is 0 Å². The normalized spacial score (nSPS) is 21.6. The van der Waals surface area contributed by atoms with Crippen LogP contribution in [0.3, 0.4) is 0 Å². The molecule has 266 valence electrons. The van der Waals surface area contributed by atoms with Crippen molar-refractivity contribution in [2.75, 3.05) is 10.6 Å². The lowest BCUT2D eigenvalue weighted by Gasteiger charge is -2.32. The zero-order valence-electron chi connectivity index (χ0n) is 30.2. The summed E-state index contributed by atoms with van der Waals surface area (Å²) in [6.07, 6.45) is 30.6. The van der Waals surface area contributed by atoms with Gasteiger partial charge in [0, 0.05) is 71.1 Å². The van der Waals surface area contributed by atoms with Crippen molar-refractivity contribution in [2.45, 2.75) is 69.9 Å². The van der Waals surface area contributed by atoms with E-state index in [0.29, 0.717) is 24.3 Å². The van der Waals surface area contributed by atoms with Crippen LogP contribution in [-0.4, -0.2) is 56.3 Å². The van der Waals surface area contributed by atoms with E-state index in [1.54, 1.807) is 6.34 Å². The smallest absolute Gasteiger partial charge is 0.148 e. The molecule has 0 radical (unpaired) electrons. The van der Waals surface area contributed by atoms with E-state index < -0.39 is 0 Å². The molecule has 2 aromatic carbocycles. The number of benzene rings is 2. The predicted octanol–water partition coefficient (Wildman–Crippen LogP) is 8.78. The summed E-state index contributed by atoms with van der Waals surface area (Å²) >= 11 is 0. The SMILES string of the molecule is C/C=N\c1cc(C2C=CC=C2)cc(NC2CCC2)c1CC1=C2C=CC3=C2C2C(=NC=NC2=N1)N=C3n1cnc2cc(-n3cccc3)cc(NC3CCC3)c21. The Morgan fingerprint density at radius 3 is 2.41 bits per heavy atom. The first-order chi connectivity index (χ1) is 26.7. The molecule has 7 aliphatic rings. The number of fused-ring (bicyclic) bond motifs is 1. The van der Waals surface area contributed by atoms with Crippen LogP contribution >= 0.6 is 0 Å². The van der Waals surface area contributed by atoms with Gasteiger partial charge >= 0.3 is 0 Å². The van der Waals surface area contributed by atoms with Crippen LogP contribution in [0.25, 0.3) is 16.7 Å². The van der Waals surface area contributed by atoms with Gasteiger partial charge in [-0.25, -0.2) is 25.0 Å². The van der Waals surface area contributed by atoms with Crippen LogP contribution in [0, 0.1) is 5.92 Å². The van der Waals surface area contributed by atoms with Crippen LogP contribution in [-0.2, 0) is 6.42 Å². The first kappa shape index (κ1) is 31.4. The third-order valence-corrected chi connectivity index (χ3v) is 11.9. The summed E-state index contributed by atoms with van der Waals surface area (Å²) in [5.74, 6) is 2.30. The van der Waals surface area contributed by atoms with Crippen molar-refractivity contribution in [3.63, 3.8) is 0 Å². The van der Waals surface area contributed by atoms with Gasteiger partial charge in [0.15, 0.2) is 0 Å². The predicted molar refractivity (Wildman–Crippen MR) is 219 cm³/mol. The van der Waals surface area contributed by atoms with Gasteiger partial charge in [-0.3, -0.25) is 9.56 Å². The van der Waals surface area contributed by atoms with E-state index >= 15 is 0 Å². The van der Waals surface area contributed by atoms with Gasteiger partial charge in [-0.15, -0.1) is 0 Å². The van der Waals surface area contributed by atoms with E-state index in [1.165, 1.54) is 49.7 Å². The number of dihydropyridines is 1. The van der Waals surface area contributed by atoms with Crippen molar-refractivity contribution < 1.29 is 0 Å². The van der Waals surface area contributed by atoms with E-state index in [4.69, 9.17) is 29.9 Å². The van der Waals surface area contributed by atoms with Crippen molar-refractivity contribution in [2.24, 2.45) is 30.9 Å². The zero-order valence-corrected chi connectivity index (χ0v) is 30.2. The first-order valence-corrected chi connectivity index (χ1v) is 19.3. The number of amidine groups is 2. The summed E-state index contributed by atoms with van der Waals surface area (Å²) in [4.78, 5) is 30.0. The molecule has 10 heteroatoms. The summed E-state index contributed by atoms with van der Waals surface area (Å²) < 4.78 is 4.29. The molecular weight excluding hydrogens is 669 g/mol. The van der Waals surface area contributed by atoms with Crippen LogP contribution in [0.4, 0.5) is 17.1 Å². The van der Waals surface area contributed by atoms with Gasteiger partial charge in [0.25, 0.3) is 0 Å². The fourth-order valence-electron chi connectivity index (χ4n) is 8.66. The van der Waals surface area contributed by atoms with Crippen LogP contribution in [0.1, 0.15) is 62.5 Å². The van der Waals surface area contributed by atoms with Crippen molar-refractivity contribution >= 4 is 58.2 Å². The minimum Gasteiger partial charge on any atom is -0.382 e. The van der Waals surface area contributed by atoms with E-state index in [0.717, 1.165) is 67.9 Å². The van der Waals surface area contributed by atoms with Gasteiger partial charge in [0.05, 0.1) is 28.1 Å². The Bertz CT molecular complexity index is 2540. The average Bonchev–Trinajstić information content (AvgIpc) is 3.99. The molecular formula is C44H40N10. The van der Waals surface area contributed by atoms with Crippen molar-refractivity contribution in [1.82, 2.24) is 14.1 Å². The molecule has 0 saturated heterocycles.